The van der Waals surface area contributed by atoms with Crippen molar-refractivity contribution in [3.8, 4) is 0 Å². The second kappa shape index (κ2) is 10.4. The molecule has 9 nitrogen and oxygen atoms in total. The van der Waals surface area contributed by atoms with Crippen molar-refractivity contribution in [3.63, 3.8) is 0 Å². The van der Waals surface area contributed by atoms with Crippen molar-refractivity contribution in [2.75, 3.05) is 13.1 Å². The number of amides is 4. The van der Waals surface area contributed by atoms with Gasteiger partial charge in [-0.2, -0.15) is 0 Å². The van der Waals surface area contributed by atoms with Gasteiger partial charge in [0.1, 0.15) is 17.5 Å². The van der Waals surface area contributed by atoms with Gasteiger partial charge in [-0.15, -0.1) is 0 Å². The van der Waals surface area contributed by atoms with Crippen molar-refractivity contribution in [3.05, 3.63) is 60.2 Å². The lowest BCUT2D eigenvalue weighted by Gasteiger charge is -2.46. The number of nitrogens with one attached hydrogen (secondary N) is 3. The zero-order valence-electron chi connectivity index (χ0n) is 24.0. The van der Waals surface area contributed by atoms with Gasteiger partial charge in [-0.25, -0.2) is 0 Å². The second-order valence-electron chi connectivity index (χ2n) is 12.5. The molecule has 4 aliphatic heterocycles. The molecule has 0 radical (unpaired) electrons. The van der Waals surface area contributed by atoms with Gasteiger partial charge in [0.2, 0.25) is 23.6 Å². The number of allylic oxidation sites excluding steroid dienone is 2. The fourth-order valence-corrected chi connectivity index (χ4v) is 7.99. The predicted octanol–water partition coefficient (Wildman–Crippen LogP) is 1.88. The molecule has 3 saturated heterocycles. The monoisotopic (exact) mass is 560 g/mol. The molecule has 4 amide bonds. The van der Waals surface area contributed by atoms with Crippen LogP contribution in [0.15, 0.2) is 54.6 Å². The third-order valence-corrected chi connectivity index (χ3v) is 10.2. The SMILES string of the molecule is C[C@H]1NC(=O)[C@@]23C(=O)N[C@@H](Cc4ccccc4)C2[C@H](C)[C@@]2(C)O[C@H]2C3/C=C/C/C=C\CNC(=O)[C@@H]2CCCN2C1=O. The largest absolute Gasteiger partial charge is 0.365 e. The first kappa shape index (κ1) is 27.7. The van der Waals surface area contributed by atoms with E-state index in [-0.39, 0.29) is 41.7 Å². The topological polar surface area (TPSA) is 120 Å². The summed E-state index contributed by atoms with van der Waals surface area (Å²) in [6, 6.07) is 8.25. The Bertz CT molecular complexity index is 1300. The van der Waals surface area contributed by atoms with Crippen LogP contribution in [0.4, 0.5) is 0 Å². The summed E-state index contributed by atoms with van der Waals surface area (Å²) >= 11 is 0. The van der Waals surface area contributed by atoms with Crippen LogP contribution in [0.5, 0.6) is 0 Å². The van der Waals surface area contributed by atoms with Gasteiger partial charge in [-0.1, -0.05) is 61.6 Å². The van der Waals surface area contributed by atoms with Crippen LogP contribution in [-0.4, -0.2) is 71.4 Å². The molecule has 4 fully saturated rings. The molecule has 1 saturated carbocycles. The summed E-state index contributed by atoms with van der Waals surface area (Å²) < 4.78 is 6.34. The molecule has 5 aliphatic rings. The molecule has 1 spiro atoms. The van der Waals surface area contributed by atoms with E-state index >= 15 is 0 Å². The van der Waals surface area contributed by atoms with Crippen LogP contribution >= 0.6 is 0 Å². The number of hydrogen-bond acceptors (Lipinski definition) is 5. The number of ether oxygens (including phenoxy) is 1. The van der Waals surface area contributed by atoms with E-state index in [4.69, 9.17) is 4.74 Å². The van der Waals surface area contributed by atoms with Crippen molar-refractivity contribution in [1.29, 1.82) is 0 Å². The number of hydrogen-bond donors (Lipinski definition) is 3. The second-order valence-corrected chi connectivity index (χ2v) is 12.5. The van der Waals surface area contributed by atoms with E-state index in [1.54, 1.807) is 11.8 Å². The van der Waals surface area contributed by atoms with Crippen molar-refractivity contribution >= 4 is 23.6 Å². The Morgan fingerprint density at radius 1 is 1.00 bits per heavy atom. The van der Waals surface area contributed by atoms with E-state index in [9.17, 15) is 19.2 Å². The Hall–Kier alpha value is -3.46. The summed E-state index contributed by atoms with van der Waals surface area (Å²) in [6.45, 7) is 6.65. The third kappa shape index (κ3) is 4.40. The highest BCUT2D eigenvalue weighted by Crippen LogP contribution is 2.65. The first-order valence-corrected chi connectivity index (χ1v) is 14.9. The average Bonchev–Trinajstić information content (AvgIpc) is 3.28. The van der Waals surface area contributed by atoms with E-state index in [1.807, 2.05) is 54.6 Å². The first-order chi connectivity index (χ1) is 19.7. The maximum absolute atomic E-state index is 14.6. The van der Waals surface area contributed by atoms with E-state index in [2.05, 4.69) is 29.8 Å². The highest BCUT2D eigenvalue weighted by atomic mass is 16.6. The summed E-state index contributed by atoms with van der Waals surface area (Å²) in [4.78, 5) is 56.8. The fraction of sp³-hybridized carbons (Fsp3) is 0.562. The van der Waals surface area contributed by atoms with Crippen molar-refractivity contribution in [1.82, 2.24) is 20.9 Å². The lowest BCUT2D eigenvalue weighted by atomic mass is 9.52. The average molecular weight is 561 g/mol. The number of epoxide rings is 1. The summed E-state index contributed by atoms with van der Waals surface area (Å²) in [5, 5.41) is 9.09. The Balaban J connectivity index is 1.41. The van der Waals surface area contributed by atoms with Gasteiger partial charge in [0.05, 0.1) is 11.7 Å². The van der Waals surface area contributed by atoms with Crippen LogP contribution in [0, 0.1) is 23.2 Å². The molecule has 0 aromatic heterocycles. The van der Waals surface area contributed by atoms with Gasteiger partial charge >= 0.3 is 0 Å². The molecule has 1 aliphatic carbocycles. The standard InChI is InChI=1S/C32H40N4O5/c1-19-25-23(18-21-12-7-6-8-13-21)35-30(40)32(25)22(26-31(19,3)41-26)14-9-4-5-10-16-33-27(37)24-15-11-17-36(24)28(38)20(2)34-29(32)39/h5-10,12-14,19-20,22-26H,4,11,15-18H2,1-3H3,(H,33,37)(H,34,39)(H,35,40)/b10-5-,14-9+/t19-,20+,22?,23-,24-,25?,26-,31+,32-/m0/s1. The van der Waals surface area contributed by atoms with Crippen LogP contribution in [-0.2, 0) is 30.3 Å². The zero-order chi connectivity index (χ0) is 28.9. The quantitative estimate of drug-likeness (QED) is 0.290. The summed E-state index contributed by atoms with van der Waals surface area (Å²) in [5.41, 5.74) is -0.804. The van der Waals surface area contributed by atoms with Gasteiger partial charge in [0.15, 0.2) is 0 Å². The van der Waals surface area contributed by atoms with Gasteiger partial charge in [-0.3, -0.25) is 19.2 Å². The smallest absolute Gasteiger partial charge is 0.245 e. The predicted molar refractivity (Wildman–Crippen MR) is 152 cm³/mol. The third-order valence-electron chi connectivity index (χ3n) is 10.2. The van der Waals surface area contributed by atoms with Crippen molar-refractivity contribution in [2.45, 2.75) is 76.3 Å². The molecule has 218 valence electrons. The van der Waals surface area contributed by atoms with Crippen molar-refractivity contribution in [2.24, 2.45) is 23.2 Å². The van der Waals surface area contributed by atoms with Crippen LogP contribution in [0.25, 0.3) is 0 Å². The number of rotatable bonds is 2. The minimum atomic E-state index is -1.44. The lowest BCUT2D eigenvalue weighted by molar-refractivity contribution is -0.152. The molecular formula is C32H40N4O5. The Labute approximate surface area is 241 Å². The van der Waals surface area contributed by atoms with E-state index in [1.165, 1.54) is 0 Å². The number of carbonyl (C=O) groups is 4. The fourth-order valence-electron chi connectivity index (χ4n) is 7.99. The van der Waals surface area contributed by atoms with Crippen LogP contribution in [0.2, 0.25) is 0 Å². The van der Waals surface area contributed by atoms with Gasteiger partial charge in [0, 0.05) is 31.0 Å². The number of carbonyl (C=O) groups excluding carboxylic acids is 4. The maximum Gasteiger partial charge on any atom is 0.245 e. The highest BCUT2D eigenvalue weighted by Gasteiger charge is 2.78. The molecule has 41 heavy (non-hydrogen) atoms. The maximum atomic E-state index is 14.6. The van der Waals surface area contributed by atoms with Crippen LogP contribution in [0.1, 0.15) is 45.6 Å². The number of nitrogens with zero attached hydrogens (tertiary/aromatic N) is 1. The Kier molecular flexibility index (Phi) is 7.04. The lowest BCUT2D eigenvalue weighted by Crippen LogP contribution is -2.63. The molecule has 1 aromatic rings. The summed E-state index contributed by atoms with van der Waals surface area (Å²) in [7, 11) is 0. The van der Waals surface area contributed by atoms with Crippen molar-refractivity contribution < 1.29 is 23.9 Å². The Morgan fingerprint density at radius 3 is 2.54 bits per heavy atom. The molecular weight excluding hydrogens is 520 g/mol. The molecule has 3 N–H and O–H groups in total. The minimum Gasteiger partial charge on any atom is -0.365 e. The molecule has 9 atom stereocenters. The highest BCUT2D eigenvalue weighted by molar-refractivity contribution is 6.09. The molecule has 1 aromatic carbocycles. The molecule has 0 bridgehead atoms. The number of benzene rings is 1. The van der Waals surface area contributed by atoms with Gasteiger partial charge in [0.25, 0.3) is 0 Å². The summed E-state index contributed by atoms with van der Waals surface area (Å²) in [6.07, 6.45) is 9.99. The summed E-state index contributed by atoms with van der Waals surface area (Å²) in [5.74, 6) is -2.18. The van der Waals surface area contributed by atoms with Gasteiger partial charge < -0.3 is 25.6 Å². The number of fused-ring (bicyclic) bond motifs is 3. The Morgan fingerprint density at radius 2 is 1.76 bits per heavy atom. The first-order valence-electron chi connectivity index (χ1n) is 14.9. The molecule has 6 rings (SSSR count). The molecule has 4 heterocycles. The van der Waals surface area contributed by atoms with E-state index in [0.717, 1.165) is 12.0 Å². The minimum absolute atomic E-state index is 0.0845. The molecule has 9 heteroatoms. The van der Waals surface area contributed by atoms with Gasteiger partial charge in [-0.05, 0) is 51.0 Å². The van der Waals surface area contributed by atoms with E-state index in [0.29, 0.717) is 32.4 Å². The van der Waals surface area contributed by atoms with Crippen LogP contribution < -0.4 is 16.0 Å². The van der Waals surface area contributed by atoms with E-state index < -0.39 is 34.9 Å². The van der Waals surface area contributed by atoms with Crippen LogP contribution in [0.3, 0.4) is 0 Å². The molecule has 2 unspecified atom stereocenters. The normalized spacial score (nSPS) is 42.1. The zero-order valence-corrected chi connectivity index (χ0v) is 24.0.